The predicted octanol–water partition coefficient (Wildman–Crippen LogP) is 1.97. The minimum atomic E-state index is -0.222. The lowest BCUT2D eigenvalue weighted by atomic mass is 10.0. The van der Waals surface area contributed by atoms with Gasteiger partial charge in [-0.1, -0.05) is 32.0 Å². The van der Waals surface area contributed by atoms with Crippen molar-refractivity contribution in [1.29, 1.82) is 0 Å². The van der Waals surface area contributed by atoms with Crippen LogP contribution in [-0.2, 0) is 4.74 Å². The Kier molecular flexibility index (Phi) is 6.47. The number of nitrogens with zero attached hydrogens (tertiary/aromatic N) is 3. The minimum Gasteiger partial charge on any atom is -0.493 e. The van der Waals surface area contributed by atoms with Gasteiger partial charge in [-0.15, -0.1) is 0 Å². The smallest absolute Gasteiger partial charge is 0.275 e. The summed E-state index contributed by atoms with van der Waals surface area (Å²) in [4.78, 5) is 15.2. The zero-order valence-corrected chi connectivity index (χ0v) is 16.2. The number of ether oxygens (including phenoxy) is 2. The maximum Gasteiger partial charge on any atom is 0.275 e. The van der Waals surface area contributed by atoms with Crippen LogP contribution in [0.4, 0.5) is 0 Å². The monoisotopic (exact) mass is 372 g/mol. The molecule has 3 rings (SSSR count). The highest BCUT2D eigenvalue weighted by molar-refractivity contribution is 5.95. The molecule has 1 amide bonds. The second-order valence-electron chi connectivity index (χ2n) is 7.00. The van der Waals surface area contributed by atoms with Crippen LogP contribution < -0.4 is 10.1 Å². The van der Waals surface area contributed by atoms with E-state index in [1.54, 1.807) is 18.0 Å². The summed E-state index contributed by atoms with van der Waals surface area (Å²) in [6, 6.07) is 9.93. The zero-order valence-electron chi connectivity index (χ0n) is 16.2. The van der Waals surface area contributed by atoms with E-state index < -0.39 is 0 Å². The highest BCUT2D eigenvalue weighted by atomic mass is 16.5. The summed E-state index contributed by atoms with van der Waals surface area (Å²) < 4.78 is 12.5. The predicted molar refractivity (Wildman–Crippen MR) is 103 cm³/mol. The number of carbonyl (C=O) groups is 1. The average Bonchev–Trinajstić information content (AvgIpc) is 3.14. The number of aromatic nitrogens is 2. The van der Waals surface area contributed by atoms with Crippen molar-refractivity contribution in [1.82, 2.24) is 20.0 Å². The van der Waals surface area contributed by atoms with Crippen molar-refractivity contribution < 1.29 is 14.3 Å². The fraction of sp³-hybridized carbons (Fsp3) is 0.500. The standard InChI is InChI=1S/C20H28N4O3/c1-15(2)17(23-9-11-27-12-10-23)13-21-20(25)19-18(26-3)14-24(22-19)16-7-5-4-6-8-16/h4-8,14-15,17H,9-13H2,1-3H3,(H,21,25). The maximum atomic E-state index is 12.8. The van der Waals surface area contributed by atoms with Crippen LogP contribution in [0.25, 0.3) is 5.69 Å². The van der Waals surface area contributed by atoms with E-state index in [0.29, 0.717) is 23.9 Å². The molecule has 0 spiro atoms. The Morgan fingerprint density at radius 2 is 1.96 bits per heavy atom. The molecule has 1 aliphatic heterocycles. The summed E-state index contributed by atoms with van der Waals surface area (Å²) in [5, 5.41) is 7.47. The molecule has 1 aromatic heterocycles. The molecule has 1 atom stereocenters. The van der Waals surface area contributed by atoms with E-state index in [2.05, 4.69) is 29.2 Å². The first kappa shape index (κ1) is 19.4. The van der Waals surface area contributed by atoms with Crippen molar-refractivity contribution in [3.05, 3.63) is 42.2 Å². The first-order valence-electron chi connectivity index (χ1n) is 9.39. The van der Waals surface area contributed by atoms with E-state index >= 15 is 0 Å². The summed E-state index contributed by atoms with van der Waals surface area (Å²) in [6.07, 6.45) is 1.73. The van der Waals surface area contributed by atoms with Gasteiger partial charge in [-0.2, -0.15) is 5.10 Å². The highest BCUT2D eigenvalue weighted by Crippen LogP contribution is 2.20. The zero-order chi connectivity index (χ0) is 19.2. The molecule has 0 saturated carbocycles. The van der Waals surface area contributed by atoms with Crippen molar-refractivity contribution >= 4 is 5.91 Å². The molecule has 1 aliphatic rings. The topological polar surface area (TPSA) is 68.6 Å². The molecule has 27 heavy (non-hydrogen) atoms. The third kappa shape index (κ3) is 4.67. The normalized spacial score (nSPS) is 16.3. The number of nitrogens with one attached hydrogen (secondary N) is 1. The third-order valence-electron chi connectivity index (χ3n) is 4.89. The first-order valence-corrected chi connectivity index (χ1v) is 9.39. The lowest BCUT2D eigenvalue weighted by Gasteiger charge is -2.36. The Labute approximate surface area is 160 Å². The van der Waals surface area contributed by atoms with Crippen LogP contribution in [0, 0.1) is 5.92 Å². The number of amides is 1. The summed E-state index contributed by atoms with van der Waals surface area (Å²) in [6.45, 7) is 8.19. The van der Waals surface area contributed by atoms with E-state index in [-0.39, 0.29) is 11.9 Å². The van der Waals surface area contributed by atoms with Gasteiger partial charge in [-0.05, 0) is 18.1 Å². The Morgan fingerprint density at radius 3 is 2.59 bits per heavy atom. The Morgan fingerprint density at radius 1 is 1.26 bits per heavy atom. The third-order valence-corrected chi connectivity index (χ3v) is 4.89. The molecule has 146 valence electrons. The SMILES string of the molecule is COc1cn(-c2ccccc2)nc1C(=O)NCC(C(C)C)N1CCOCC1. The van der Waals surface area contributed by atoms with Gasteiger partial charge in [0.05, 0.1) is 32.2 Å². The fourth-order valence-electron chi connectivity index (χ4n) is 3.35. The average molecular weight is 372 g/mol. The summed E-state index contributed by atoms with van der Waals surface area (Å²) in [5.74, 6) is 0.663. The highest BCUT2D eigenvalue weighted by Gasteiger charge is 2.26. The molecule has 1 unspecified atom stereocenters. The van der Waals surface area contributed by atoms with Crippen LogP contribution >= 0.6 is 0 Å². The molecule has 2 aromatic rings. The van der Waals surface area contributed by atoms with Gasteiger partial charge in [0.25, 0.3) is 5.91 Å². The molecule has 0 bridgehead atoms. The number of rotatable bonds is 7. The number of hydrogen-bond acceptors (Lipinski definition) is 5. The van der Waals surface area contributed by atoms with Gasteiger partial charge in [-0.3, -0.25) is 9.69 Å². The maximum absolute atomic E-state index is 12.8. The van der Waals surface area contributed by atoms with Crippen molar-refractivity contribution in [3.8, 4) is 11.4 Å². The number of carbonyl (C=O) groups excluding carboxylic acids is 1. The largest absolute Gasteiger partial charge is 0.493 e. The first-order chi connectivity index (χ1) is 13.1. The van der Waals surface area contributed by atoms with E-state index in [0.717, 1.165) is 32.0 Å². The summed E-state index contributed by atoms with van der Waals surface area (Å²) in [5.41, 5.74) is 1.18. The van der Waals surface area contributed by atoms with Crippen molar-refractivity contribution in [2.45, 2.75) is 19.9 Å². The van der Waals surface area contributed by atoms with Gasteiger partial charge in [0.2, 0.25) is 0 Å². The van der Waals surface area contributed by atoms with Crippen molar-refractivity contribution in [3.63, 3.8) is 0 Å². The molecule has 0 radical (unpaired) electrons. The second-order valence-corrected chi connectivity index (χ2v) is 7.00. The number of hydrogen-bond donors (Lipinski definition) is 1. The molecule has 0 aliphatic carbocycles. The van der Waals surface area contributed by atoms with Crippen LogP contribution in [0.15, 0.2) is 36.5 Å². The molecule has 1 N–H and O–H groups in total. The van der Waals surface area contributed by atoms with Crippen molar-refractivity contribution in [2.24, 2.45) is 5.92 Å². The number of morpholine rings is 1. The van der Waals surface area contributed by atoms with E-state index in [9.17, 15) is 4.79 Å². The van der Waals surface area contributed by atoms with Crippen molar-refractivity contribution in [2.75, 3.05) is 40.0 Å². The second kappa shape index (κ2) is 9.01. The van der Waals surface area contributed by atoms with Crippen LogP contribution in [0.3, 0.4) is 0 Å². The van der Waals surface area contributed by atoms with Gasteiger partial charge in [0.1, 0.15) is 0 Å². The summed E-state index contributed by atoms with van der Waals surface area (Å²) >= 11 is 0. The van der Waals surface area contributed by atoms with Gasteiger partial charge >= 0.3 is 0 Å². The van der Waals surface area contributed by atoms with E-state index in [1.807, 2.05) is 30.3 Å². The van der Waals surface area contributed by atoms with Gasteiger partial charge in [0, 0.05) is 25.7 Å². The molecule has 7 heteroatoms. The van der Waals surface area contributed by atoms with E-state index in [4.69, 9.17) is 9.47 Å². The molecular formula is C20H28N4O3. The quantitative estimate of drug-likeness (QED) is 0.805. The lowest BCUT2D eigenvalue weighted by molar-refractivity contribution is 0.00671. The molecule has 1 saturated heterocycles. The molecule has 1 fully saturated rings. The fourth-order valence-corrected chi connectivity index (χ4v) is 3.35. The van der Waals surface area contributed by atoms with Crippen LogP contribution in [0.2, 0.25) is 0 Å². The van der Waals surface area contributed by atoms with Crippen LogP contribution in [0.5, 0.6) is 5.75 Å². The Balaban J connectivity index is 1.70. The van der Waals surface area contributed by atoms with E-state index in [1.165, 1.54) is 0 Å². The summed E-state index contributed by atoms with van der Waals surface area (Å²) in [7, 11) is 1.55. The van der Waals surface area contributed by atoms with Crippen LogP contribution in [-0.4, -0.2) is 66.6 Å². The number of methoxy groups -OCH3 is 1. The number of benzene rings is 1. The molecular weight excluding hydrogens is 344 g/mol. The Hall–Kier alpha value is -2.38. The van der Waals surface area contributed by atoms with Crippen LogP contribution in [0.1, 0.15) is 24.3 Å². The molecule has 2 heterocycles. The number of para-hydroxylation sites is 1. The Bertz CT molecular complexity index is 739. The molecule has 1 aromatic carbocycles. The minimum absolute atomic E-state index is 0.222. The molecule has 7 nitrogen and oxygen atoms in total. The van der Waals surface area contributed by atoms with Gasteiger partial charge in [-0.25, -0.2) is 4.68 Å². The lowest BCUT2D eigenvalue weighted by Crippen LogP contribution is -2.51. The van der Waals surface area contributed by atoms with Gasteiger partial charge in [0.15, 0.2) is 11.4 Å². The van der Waals surface area contributed by atoms with Gasteiger partial charge < -0.3 is 14.8 Å².